The maximum Gasteiger partial charge on any atom is 0.252 e. The SMILES string of the molecule is CC1CCCCCN1S(=O)(=O)c1cc(N)cs1. The van der Waals surface area contributed by atoms with Gasteiger partial charge in [0.2, 0.25) is 0 Å². The standard InChI is InChI=1S/C11H18N2O2S2/c1-9-5-3-2-4-6-13(9)17(14,15)11-7-10(12)8-16-11/h7-9H,2-6,12H2,1H3. The molecule has 1 aliphatic rings. The summed E-state index contributed by atoms with van der Waals surface area (Å²) in [4.78, 5) is 0. The summed E-state index contributed by atoms with van der Waals surface area (Å²) in [5.74, 6) is 0. The van der Waals surface area contributed by atoms with Crippen LogP contribution in [0.5, 0.6) is 0 Å². The van der Waals surface area contributed by atoms with Gasteiger partial charge in [-0.15, -0.1) is 11.3 Å². The van der Waals surface area contributed by atoms with Gasteiger partial charge in [-0.2, -0.15) is 4.31 Å². The van der Waals surface area contributed by atoms with E-state index in [0.29, 0.717) is 16.4 Å². The van der Waals surface area contributed by atoms with Crippen LogP contribution in [0.1, 0.15) is 32.6 Å². The van der Waals surface area contributed by atoms with E-state index in [1.807, 2.05) is 6.92 Å². The van der Waals surface area contributed by atoms with Crippen LogP contribution in [0.2, 0.25) is 0 Å². The smallest absolute Gasteiger partial charge is 0.252 e. The largest absolute Gasteiger partial charge is 0.398 e. The van der Waals surface area contributed by atoms with Crippen molar-refractivity contribution in [1.82, 2.24) is 4.31 Å². The van der Waals surface area contributed by atoms with Gasteiger partial charge in [0.05, 0.1) is 0 Å². The Kier molecular flexibility index (Phi) is 3.75. The maximum absolute atomic E-state index is 12.4. The molecule has 0 bridgehead atoms. The van der Waals surface area contributed by atoms with Gasteiger partial charge in [-0.3, -0.25) is 0 Å². The van der Waals surface area contributed by atoms with Crippen LogP contribution in [0.25, 0.3) is 0 Å². The molecule has 1 atom stereocenters. The predicted octanol–water partition coefficient (Wildman–Crippen LogP) is 2.28. The van der Waals surface area contributed by atoms with Crippen LogP contribution in [0.4, 0.5) is 5.69 Å². The highest BCUT2D eigenvalue weighted by Crippen LogP contribution is 2.29. The number of thiophene rings is 1. The molecule has 2 rings (SSSR count). The molecule has 0 aliphatic carbocycles. The van der Waals surface area contributed by atoms with Crippen molar-refractivity contribution in [2.24, 2.45) is 0 Å². The van der Waals surface area contributed by atoms with Gasteiger partial charge in [0.25, 0.3) is 10.0 Å². The van der Waals surface area contributed by atoms with Crippen LogP contribution in [0, 0.1) is 0 Å². The molecule has 0 saturated carbocycles. The molecule has 1 saturated heterocycles. The number of nitrogens with zero attached hydrogens (tertiary/aromatic N) is 1. The Morgan fingerprint density at radius 2 is 2.18 bits per heavy atom. The fourth-order valence-electron chi connectivity index (χ4n) is 2.19. The molecule has 1 fully saturated rings. The van der Waals surface area contributed by atoms with Gasteiger partial charge in [-0.1, -0.05) is 12.8 Å². The van der Waals surface area contributed by atoms with Crippen LogP contribution >= 0.6 is 11.3 Å². The highest BCUT2D eigenvalue weighted by atomic mass is 32.2. The van der Waals surface area contributed by atoms with E-state index in [0.717, 1.165) is 25.7 Å². The number of sulfonamides is 1. The average Bonchev–Trinajstić information content (AvgIpc) is 2.58. The molecule has 17 heavy (non-hydrogen) atoms. The Morgan fingerprint density at radius 3 is 2.82 bits per heavy atom. The molecule has 0 spiro atoms. The lowest BCUT2D eigenvalue weighted by atomic mass is 10.1. The number of rotatable bonds is 2. The molecule has 96 valence electrons. The van der Waals surface area contributed by atoms with Gasteiger partial charge in [-0.05, 0) is 25.8 Å². The van der Waals surface area contributed by atoms with Gasteiger partial charge in [-0.25, -0.2) is 8.42 Å². The molecule has 0 radical (unpaired) electrons. The van der Waals surface area contributed by atoms with E-state index in [9.17, 15) is 8.42 Å². The molecule has 0 aromatic carbocycles. The number of anilines is 1. The molecule has 1 aromatic rings. The van der Waals surface area contributed by atoms with Gasteiger partial charge < -0.3 is 5.73 Å². The Hall–Kier alpha value is -0.590. The van der Waals surface area contributed by atoms with Crippen molar-refractivity contribution in [2.75, 3.05) is 12.3 Å². The normalized spacial score (nSPS) is 23.5. The second-order valence-corrected chi connectivity index (χ2v) is 7.54. The highest BCUT2D eigenvalue weighted by Gasteiger charge is 2.30. The third-order valence-corrected chi connectivity index (χ3v) is 6.60. The Morgan fingerprint density at radius 1 is 1.41 bits per heavy atom. The second kappa shape index (κ2) is 4.96. The summed E-state index contributed by atoms with van der Waals surface area (Å²) in [6, 6.07) is 1.64. The predicted molar refractivity (Wildman–Crippen MR) is 70.6 cm³/mol. The van der Waals surface area contributed by atoms with Crippen molar-refractivity contribution in [3.63, 3.8) is 0 Å². The third kappa shape index (κ3) is 2.64. The first-order chi connectivity index (χ1) is 8.01. The maximum atomic E-state index is 12.4. The van der Waals surface area contributed by atoms with E-state index in [4.69, 9.17) is 5.73 Å². The Labute approximate surface area is 106 Å². The van der Waals surface area contributed by atoms with E-state index in [1.165, 1.54) is 11.3 Å². The van der Waals surface area contributed by atoms with E-state index >= 15 is 0 Å². The minimum atomic E-state index is -3.34. The molecule has 1 aromatic heterocycles. The van der Waals surface area contributed by atoms with Crippen molar-refractivity contribution in [1.29, 1.82) is 0 Å². The monoisotopic (exact) mass is 274 g/mol. The zero-order chi connectivity index (χ0) is 12.5. The summed E-state index contributed by atoms with van der Waals surface area (Å²) in [5, 5.41) is 1.68. The molecular weight excluding hydrogens is 256 g/mol. The van der Waals surface area contributed by atoms with Gasteiger partial charge in [0.1, 0.15) is 4.21 Å². The van der Waals surface area contributed by atoms with Crippen LogP contribution < -0.4 is 5.73 Å². The van der Waals surface area contributed by atoms with E-state index in [1.54, 1.807) is 15.8 Å². The molecule has 2 heterocycles. The van der Waals surface area contributed by atoms with Crippen molar-refractivity contribution >= 4 is 27.0 Å². The van der Waals surface area contributed by atoms with Crippen molar-refractivity contribution < 1.29 is 8.42 Å². The lowest BCUT2D eigenvalue weighted by molar-refractivity contribution is 0.343. The summed E-state index contributed by atoms with van der Waals surface area (Å²) in [6.45, 7) is 2.61. The van der Waals surface area contributed by atoms with Crippen LogP contribution in [0.3, 0.4) is 0 Å². The van der Waals surface area contributed by atoms with Crippen LogP contribution in [-0.2, 0) is 10.0 Å². The number of nitrogen functional groups attached to an aromatic ring is 1. The molecule has 6 heteroatoms. The topological polar surface area (TPSA) is 63.4 Å². The zero-order valence-corrected chi connectivity index (χ0v) is 11.6. The van der Waals surface area contributed by atoms with Crippen molar-refractivity contribution in [3.8, 4) is 0 Å². The van der Waals surface area contributed by atoms with Crippen molar-refractivity contribution in [3.05, 3.63) is 11.4 Å². The molecule has 1 aliphatic heterocycles. The first-order valence-corrected chi connectivity index (χ1v) is 8.19. The minimum absolute atomic E-state index is 0.0887. The molecule has 1 unspecified atom stereocenters. The zero-order valence-electron chi connectivity index (χ0n) is 9.93. The van der Waals surface area contributed by atoms with E-state index < -0.39 is 10.0 Å². The first-order valence-electron chi connectivity index (χ1n) is 5.87. The van der Waals surface area contributed by atoms with E-state index in [2.05, 4.69) is 0 Å². The molecular formula is C11H18N2O2S2. The van der Waals surface area contributed by atoms with E-state index in [-0.39, 0.29) is 6.04 Å². The number of nitrogens with two attached hydrogens (primary N) is 1. The third-order valence-electron chi connectivity index (χ3n) is 3.15. The fraction of sp³-hybridized carbons (Fsp3) is 0.636. The Balaban J connectivity index is 2.30. The lowest BCUT2D eigenvalue weighted by Gasteiger charge is -2.25. The Bertz CT molecular complexity index is 481. The summed E-state index contributed by atoms with van der Waals surface area (Å²) < 4.78 is 26.9. The van der Waals surface area contributed by atoms with Crippen LogP contribution in [-0.4, -0.2) is 25.3 Å². The molecule has 4 nitrogen and oxygen atoms in total. The number of hydrogen-bond acceptors (Lipinski definition) is 4. The van der Waals surface area contributed by atoms with Gasteiger partial charge in [0.15, 0.2) is 0 Å². The van der Waals surface area contributed by atoms with Gasteiger partial charge in [0, 0.05) is 23.7 Å². The highest BCUT2D eigenvalue weighted by molar-refractivity contribution is 7.91. The second-order valence-electron chi connectivity index (χ2n) is 4.51. The average molecular weight is 274 g/mol. The fourth-order valence-corrected chi connectivity index (χ4v) is 5.09. The first kappa shape index (κ1) is 12.9. The van der Waals surface area contributed by atoms with Crippen molar-refractivity contribution in [2.45, 2.75) is 42.9 Å². The summed E-state index contributed by atoms with van der Waals surface area (Å²) >= 11 is 1.20. The molecule has 0 amide bonds. The summed E-state index contributed by atoms with van der Waals surface area (Å²) in [7, 11) is -3.34. The van der Waals surface area contributed by atoms with Gasteiger partial charge >= 0.3 is 0 Å². The lowest BCUT2D eigenvalue weighted by Crippen LogP contribution is -2.37. The quantitative estimate of drug-likeness (QED) is 0.900. The summed E-state index contributed by atoms with van der Waals surface area (Å²) in [6.07, 6.45) is 4.12. The van der Waals surface area contributed by atoms with Crippen LogP contribution in [0.15, 0.2) is 15.7 Å². The minimum Gasteiger partial charge on any atom is -0.398 e. The summed E-state index contributed by atoms with van der Waals surface area (Å²) in [5.41, 5.74) is 6.12. The molecule has 2 N–H and O–H groups in total. The number of hydrogen-bond donors (Lipinski definition) is 1.